The minimum atomic E-state index is -0.150. The van der Waals surface area contributed by atoms with Crippen LogP contribution in [0.15, 0.2) is 30.1 Å². The molecule has 2 aliphatic rings. The van der Waals surface area contributed by atoms with Crippen LogP contribution >= 0.6 is 12.2 Å². The number of hydrogen-bond acceptors (Lipinski definition) is 3. The van der Waals surface area contributed by atoms with E-state index in [1.54, 1.807) is 7.05 Å². The number of rotatable bonds is 5. The molecule has 1 aromatic carbocycles. The number of thiocarbonyl (C=S) groups is 1. The topological polar surface area (TPSA) is 66.4 Å². The standard InChI is InChI=1S/C23H28N4O2S/c1-3-15-8-7-11-18-16(12-19-22(29)26(2)23(30)25-19)13-27(21(15)18)14-20(28)24-17-9-5-4-6-10-17/h7-8,11-13,17H,3-6,9-10,14H2,1-2H3,(H,24,28)(H,25,30)/b19-12-. The average Bonchev–Trinajstić information content (AvgIpc) is 3.21. The molecular weight excluding hydrogens is 396 g/mol. The maximum atomic E-state index is 12.8. The zero-order valence-electron chi connectivity index (χ0n) is 17.5. The fraction of sp³-hybridized carbons (Fsp3) is 0.435. The molecule has 1 aliphatic carbocycles. The van der Waals surface area contributed by atoms with E-state index in [1.165, 1.54) is 29.7 Å². The van der Waals surface area contributed by atoms with Gasteiger partial charge >= 0.3 is 0 Å². The third kappa shape index (κ3) is 3.99. The molecule has 7 heteroatoms. The van der Waals surface area contributed by atoms with Gasteiger partial charge in [-0.2, -0.15) is 0 Å². The molecule has 1 saturated carbocycles. The van der Waals surface area contributed by atoms with Crippen molar-refractivity contribution in [3.8, 4) is 0 Å². The molecule has 2 N–H and O–H groups in total. The molecule has 30 heavy (non-hydrogen) atoms. The molecular formula is C23H28N4O2S. The zero-order valence-corrected chi connectivity index (χ0v) is 18.3. The summed E-state index contributed by atoms with van der Waals surface area (Å²) in [6.07, 6.45) is 10.4. The molecule has 1 saturated heterocycles. The molecule has 2 aromatic rings. The van der Waals surface area contributed by atoms with Crippen LogP contribution in [-0.2, 0) is 22.6 Å². The first-order valence-corrected chi connectivity index (χ1v) is 11.1. The van der Waals surface area contributed by atoms with E-state index >= 15 is 0 Å². The number of likely N-dealkylation sites (N-methyl/N-ethyl adjacent to an activating group) is 1. The number of aryl methyl sites for hydroxylation is 1. The summed E-state index contributed by atoms with van der Waals surface area (Å²) in [5.74, 6) is -0.109. The van der Waals surface area contributed by atoms with Crippen LogP contribution in [0.5, 0.6) is 0 Å². The van der Waals surface area contributed by atoms with Crippen molar-refractivity contribution in [1.29, 1.82) is 0 Å². The maximum absolute atomic E-state index is 12.8. The van der Waals surface area contributed by atoms with Crippen LogP contribution in [0.4, 0.5) is 0 Å². The van der Waals surface area contributed by atoms with Crippen LogP contribution in [-0.4, -0.2) is 39.5 Å². The number of benzene rings is 1. The van der Waals surface area contributed by atoms with Gasteiger partial charge in [0.2, 0.25) is 5.91 Å². The van der Waals surface area contributed by atoms with Crippen molar-refractivity contribution in [2.75, 3.05) is 7.05 Å². The Balaban J connectivity index is 1.67. The summed E-state index contributed by atoms with van der Waals surface area (Å²) in [4.78, 5) is 26.6. The van der Waals surface area contributed by atoms with Gasteiger partial charge in [-0.3, -0.25) is 14.5 Å². The number of fused-ring (bicyclic) bond motifs is 1. The van der Waals surface area contributed by atoms with E-state index in [1.807, 2.05) is 29.0 Å². The number of nitrogens with one attached hydrogen (secondary N) is 2. The summed E-state index contributed by atoms with van der Waals surface area (Å²) in [6, 6.07) is 6.45. The van der Waals surface area contributed by atoms with Crippen molar-refractivity contribution in [3.05, 3.63) is 41.2 Å². The van der Waals surface area contributed by atoms with E-state index in [-0.39, 0.29) is 24.4 Å². The monoisotopic (exact) mass is 424 g/mol. The lowest BCUT2D eigenvalue weighted by atomic mass is 9.95. The normalized spacial score (nSPS) is 19.0. The van der Waals surface area contributed by atoms with Crippen LogP contribution in [0, 0.1) is 0 Å². The fourth-order valence-corrected chi connectivity index (χ4v) is 4.64. The quantitative estimate of drug-likeness (QED) is 0.571. The van der Waals surface area contributed by atoms with Crippen LogP contribution in [0.2, 0.25) is 0 Å². The molecule has 0 atom stereocenters. The smallest absolute Gasteiger partial charge is 0.276 e. The molecule has 6 nitrogen and oxygen atoms in total. The first kappa shape index (κ1) is 20.6. The molecule has 158 valence electrons. The number of aromatic nitrogens is 1. The summed E-state index contributed by atoms with van der Waals surface area (Å²) in [5, 5.41) is 7.61. The Morgan fingerprint density at radius 3 is 2.73 bits per heavy atom. The van der Waals surface area contributed by atoms with Gasteiger partial charge in [-0.15, -0.1) is 0 Å². The predicted octanol–water partition coefficient (Wildman–Crippen LogP) is 3.34. The van der Waals surface area contributed by atoms with Crippen molar-refractivity contribution in [2.24, 2.45) is 0 Å². The third-order valence-corrected chi connectivity index (χ3v) is 6.43. The van der Waals surface area contributed by atoms with Gasteiger partial charge in [0, 0.05) is 30.2 Å². The van der Waals surface area contributed by atoms with E-state index in [0.29, 0.717) is 10.8 Å². The number of amides is 2. The van der Waals surface area contributed by atoms with Crippen molar-refractivity contribution in [3.63, 3.8) is 0 Å². The Bertz CT molecular complexity index is 1030. The van der Waals surface area contributed by atoms with Gasteiger partial charge in [0.25, 0.3) is 5.91 Å². The van der Waals surface area contributed by atoms with Gasteiger partial charge in [-0.1, -0.05) is 44.4 Å². The maximum Gasteiger partial charge on any atom is 0.276 e. The Morgan fingerprint density at radius 2 is 2.07 bits per heavy atom. The molecule has 0 bridgehead atoms. The van der Waals surface area contributed by atoms with Crippen molar-refractivity contribution in [1.82, 2.24) is 20.1 Å². The van der Waals surface area contributed by atoms with E-state index in [9.17, 15) is 9.59 Å². The molecule has 0 spiro atoms. The first-order chi connectivity index (χ1) is 14.5. The molecule has 0 unspecified atom stereocenters. The number of para-hydroxylation sites is 1. The number of carbonyl (C=O) groups is 2. The van der Waals surface area contributed by atoms with E-state index in [2.05, 4.69) is 23.6 Å². The summed E-state index contributed by atoms with van der Waals surface area (Å²) >= 11 is 5.18. The second-order valence-electron chi connectivity index (χ2n) is 8.13. The number of nitrogens with zero attached hydrogens (tertiary/aromatic N) is 2. The Morgan fingerprint density at radius 1 is 1.30 bits per heavy atom. The minimum absolute atomic E-state index is 0.0416. The third-order valence-electron chi connectivity index (χ3n) is 6.06. The lowest BCUT2D eigenvalue weighted by molar-refractivity contribution is -0.123. The second kappa shape index (κ2) is 8.60. The highest BCUT2D eigenvalue weighted by atomic mass is 32.1. The van der Waals surface area contributed by atoms with Gasteiger partial charge < -0.3 is 15.2 Å². The number of hydrogen-bond donors (Lipinski definition) is 2. The van der Waals surface area contributed by atoms with Gasteiger partial charge in [0.1, 0.15) is 12.2 Å². The van der Waals surface area contributed by atoms with E-state index in [0.717, 1.165) is 35.7 Å². The lowest BCUT2D eigenvalue weighted by Crippen LogP contribution is -2.38. The van der Waals surface area contributed by atoms with Crippen molar-refractivity contribution < 1.29 is 9.59 Å². The Labute approximate surface area is 182 Å². The molecule has 2 fully saturated rings. The van der Waals surface area contributed by atoms with Crippen LogP contribution in [0.25, 0.3) is 17.0 Å². The highest BCUT2D eigenvalue weighted by Crippen LogP contribution is 2.28. The number of carbonyl (C=O) groups excluding carboxylic acids is 2. The molecule has 1 aromatic heterocycles. The molecule has 0 radical (unpaired) electrons. The van der Waals surface area contributed by atoms with Crippen LogP contribution in [0.1, 0.15) is 50.2 Å². The van der Waals surface area contributed by atoms with Gasteiger partial charge in [0.15, 0.2) is 5.11 Å². The average molecular weight is 425 g/mol. The Hall–Kier alpha value is -2.67. The molecule has 1 aliphatic heterocycles. The minimum Gasteiger partial charge on any atom is -0.352 e. The molecule has 2 heterocycles. The van der Waals surface area contributed by atoms with Gasteiger partial charge in [0.05, 0.1) is 5.52 Å². The lowest BCUT2D eigenvalue weighted by Gasteiger charge is -2.23. The highest BCUT2D eigenvalue weighted by Gasteiger charge is 2.27. The van der Waals surface area contributed by atoms with E-state index < -0.39 is 0 Å². The fourth-order valence-electron chi connectivity index (χ4n) is 4.44. The zero-order chi connectivity index (χ0) is 21.3. The summed E-state index contributed by atoms with van der Waals surface area (Å²) < 4.78 is 2.01. The largest absolute Gasteiger partial charge is 0.352 e. The summed E-state index contributed by atoms with van der Waals surface area (Å²) in [6.45, 7) is 2.38. The van der Waals surface area contributed by atoms with Crippen LogP contribution < -0.4 is 10.6 Å². The van der Waals surface area contributed by atoms with E-state index in [4.69, 9.17) is 12.2 Å². The molecule has 4 rings (SSSR count). The molecule has 2 amide bonds. The van der Waals surface area contributed by atoms with Gasteiger partial charge in [-0.25, -0.2) is 0 Å². The SMILES string of the molecule is CCc1cccc2c(/C=C3\NC(=S)N(C)C3=O)cn(CC(=O)NC3CCCCC3)c12. The van der Waals surface area contributed by atoms with Crippen LogP contribution in [0.3, 0.4) is 0 Å². The van der Waals surface area contributed by atoms with Gasteiger partial charge in [-0.05, 0) is 43.1 Å². The highest BCUT2D eigenvalue weighted by molar-refractivity contribution is 7.80. The second-order valence-corrected chi connectivity index (χ2v) is 8.52. The Kier molecular flexibility index (Phi) is 5.90. The summed E-state index contributed by atoms with van der Waals surface area (Å²) in [7, 11) is 1.66. The summed E-state index contributed by atoms with van der Waals surface area (Å²) in [5.41, 5.74) is 3.59. The van der Waals surface area contributed by atoms with Crippen molar-refractivity contribution in [2.45, 2.75) is 58.0 Å². The predicted molar refractivity (Wildman–Crippen MR) is 123 cm³/mol. The first-order valence-electron chi connectivity index (χ1n) is 10.7. The van der Waals surface area contributed by atoms with Crippen molar-refractivity contribution >= 4 is 46.1 Å².